The van der Waals surface area contributed by atoms with Crippen molar-refractivity contribution in [2.24, 2.45) is 11.1 Å². The van der Waals surface area contributed by atoms with Gasteiger partial charge in [0.05, 0.1) is 5.71 Å². The molecule has 0 radical (unpaired) electrons. The third-order valence-corrected chi connectivity index (χ3v) is 4.79. The van der Waals surface area contributed by atoms with Crippen molar-refractivity contribution in [3.63, 3.8) is 0 Å². The average Bonchev–Trinajstić information content (AvgIpc) is 2.57. The number of likely N-dealkylation sites (tertiary alicyclic amines) is 1. The van der Waals surface area contributed by atoms with Crippen LogP contribution in [0.2, 0.25) is 0 Å². The first-order chi connectivity index (χ1) is 10.7. The van der Waals surface area contributed by atoms with Crippen LogP contribution in [-0.2, 0) is 0 Å². The lowest BCUT2D eigenvalue weighted by atomic mass is 9.80. The van der Waals surface area contributed by atoms with Crippen LogP contribution in [0.1, 0.15) is 36.6 Å². The van der Waals surface area contributed by atoms with Crippen LogP contribution in [0.5, 0.6) is 0 Å². The topological polar surface area (TPSA) is 35.8 Å². The van der Waals surface area contributed by atoms with Crippen molar-refractivity contribution >= 4 is 5.71 Å². The lowest BCUT2D eigenvalue weighted by molar-refractivity contribution is 0.128. The van der Waals surface area contributed by atoms with Gasteiger partial charge >= 0.3 is 0 Å². The number of rotatable bonds is 2. The Kier molecular flexibility index (Phi) is 4.25. The molecule has 0 aromatic heterocycles. The van der Waals surface area contributed by atoms with Crippen molar-refractivity contribution in [2.45, 2.75) is 25.4 Å². The second-order valence-corrected chi connectivity index (χ2v) is 6.03. The van der Waals surface area contributed by atoms with E-state index in [1.54, 1.807) is 0 Å². The van der Waals surface area contributed by atoms with E-state index in [1.165, 1.54) is 11.1 Å². The van der Waals surface area contributed by atoms with E-state index in [0.717, 1.165) is 12.1 Å². The number of nitrogens with zero attached hydrogens (tertiary/aromatic N) is 2. The lowest BCUT2D eigenvalue weighted by Gasteiger charge is -2.44. The molecule has 2 aromatic carbocycles. The van der Waals surface area contributed by atoms with Crippen molar-refractivity contribution in [1.82, 2.24) is 4.90 Å². The van der Waals surface area contributed by atoms with E-state index in [-0.39, 0.29) is 18.0 Å². The summed E-state index contributed by atoms with van der Waals surface area (Å²) >= 11 is 0. The SMILES string of the molecule is C[C@@H]1/C(=N\O)C[C@@H](c2ccccc2)N(C)[C@@H]1c1ccccc1. The monoisotopic (exact) mass is 294 g/mol. The molecule has 114 valence electrons. The molecule has 1 N–H and O–H groups in total. The van der Waals surface area contributed by atoms with E-state index in [0.29, 0.717) is 0 Å². The molecule has 22 heavy (non-hydrogen) atoms. The molecule has 3 heteroatoms. The van der Waals surface area contributed by atoms with Crippen molar-refractivity contribution in [1.29, 1.82) is 0 Å². The van der Waals surface area contributed by atoms with Gasteiger partial charge in [0.2, 0.25) is 0 Å². The summed E-state index contributed by atoms with van der Waals surface area (Å²) in [6, 6.07) is 21.4. The maximum absolute atomic E-state index is 9.45. The van der Waals surface area contributed by atoms with Gasteiger partial charge < -0.3 is 5.21 Å². The van der Waals surface area contributed by atoms with Crippen LogP contribution < -0.4 is 0 Å². The molecular formula is C19H22N2O. The molecule has 0 amide bonds. The first kappa shape index (κ1) is 14.8. The van der Waals surface area contributed by atoms with E-state index < -0.39 is 0 Å². The molecule has 0 saturated carbocycles. The summed E-state index contributed by atoms with van der Waals surface area (Å²) in [5, 5.41) is 13.1. The van der Waals surface area contributed by atoms with Crippen LogP contribution in [0, 0.1) is 5.92 Å². The quantitative estimate of drug-likeness (QED) is 0.663. The molecule has 0 unspecified atom stereocenters. The minimum absolute atomic E-state index is 0.192. The van der Waals surface area contributed by atoms with Gasteiger partial charge in [-0.25, -0.2) is 0 Å². The molecule has 3 atom stereocenters. The maximum Gasteiger partial charge on any atom is 0.0636 e. The second kappa shape index (κ2) is 6.32. The molecule has 1 fully saturated rings. The van der Waals surface area contributed by atoms with Gasteiger partial charge in [-0.1, -0.05) is 72.7 Å². The van der Waals surface area contributed by atoms with E-state index in [4.69, 9.17) is 0 Å². The molecule has 1 aliphatic rings. The second-order valence-electron chi connectivity index (χ2n) is 6.03. The molecule has 0 spiro atoms. The van der Waals surface area contributed by atoms with Gasteiger partial charge in [-0.2, -0.15) is 0 Å². The predicted octanol–water partition coefficient (Wildman–Crippen LogP) is 4.27. The van der Waals surface area contributed by atoms with E-state index in [2.05, 4.69) is 72.6 Å². The smallest absolute Gasteiger partial charge is 0.0636 e. The van der Waals surface area contributed by atoms with Crippen LogP contribution in [0.3, 0.4) is 0 Å². The summed E-state index contributed by atoms with van der Waals surface area (Å²) in [4.78, 5) is 2.41. The Morgan fingerprint density at radius 3 is 2.05 bits per heavy atom. The van der Waals surface area contributed by atoms with E-state index in [1.807, 2.05) is 12.1 Å². The van der Waals surface area contributed by atoms with Crippen LogP contribution in [-0.4, -0.2) is 22.9 Å². The van der Waals surface area contributed by atoms with Crippen LogP contribution >= 0.6 is 0 Å². The highest BCUT2D eigenvalue weighted by Crippen LogP contribution is 2.42. The number of oxime groups is 1. The highest BCUT2D eigenvalue weighted by molar-refractivity contribution is 5.88. The molecule has 0 aliphatic carbocycles. The van der Waals surface area contributed by atoms with Gasteiger partial charge in [-0.05, 0) is 18.2 Å². The van der Waals surface area contributed by atoms with E-state index >= 15 is 0 Å². The van der Waals surface area contributed by atoms with Crippen molar-refractivity contribution in [3.05, 3.63) is 71.8 Å². The Labute approximate surface area is 131 Å². The highest BCUT2D eigenvalue weighted by Gasteiger charge is 2.38. The van der Waals surface area contributed by atoms with Gasteiger partial charge in [0.1, 0.15) is 0 Å². The average molecular weight is 294 g/mol. The molecule has 1 saturated heterocycles. The first-order valence-electron chi connectivity index (χ1n) is 7.75. The van der Waals surface area contributed by atoms with Crippen molar-refractivity contribution < 1.29 is 5.21 Å². The number of hydrogen-bond acceptors (Lipinski definition) is 3. The normalized spacial score (nSPS) is 27.9. The fourth-order valence-corrected chi connectivity index (χ4v) is 3.59. The lowest BCUT2D eigenvalue weighted by Crippen LogP contribution is -2.42. The van der Waals surface area contributed by atoms with Crippen molar-refractivity contribution in [2.75, 3.05) is 7.05 Å². The van der Waals surface area contributed by atoms with Crippen LogP contribution in [0.15, 0.2) is 65.8 Å². The summed E-state index contributed by atoms with van der Waals surface area (Å²) in [7, 11) is 2.17. The van der Waals surface area contributed by atoms with Crippen LogP contribution in [0.4, 0.5) is 0 Å². The van der Waals surface area contributed by atoms with Gasteiger partial charge in [0.15, 0.2) is 0 Å². The van der Waals surface area contributed by atoms with Crippen LogP contribution in [0.25, 0.3) is 0 Å². The third kappa shape index (κ3) is 2.64. The Bertz CT molecular complexity index is 639. The molecule has 3 rings (SSSR count). The van der Waals surface area contributed by atoms with Gasteiger partial charge in [0, 0.05) is 24.4 Å². The fraction of sp³-hybridized carbons (Fsp3) is 0.316. The highest BCUT2D eigenvalue weighted by atomic mass is 16.4. The zero-order chi connectivity index (χ0) is 15.5. The minimum atomic E-state index is 0.192. The Morgan fingerprint density at radius 1 is 0.955 bits per heavy atom. The first-order valence-corrected chi connectivity index (χ1v) is 7.75. The predicted molar refractivity (Wildman–Crippen MR) is 89.1 cm³/mol. The third-order valence-electron chi connectivity index (χ3n) is 4.79. The standard InChI is InChI=1S/C19H22N2O/c1-14-17(20-22)13-18(15-9-5-3-6-10-15)21(2)19(14)16-11-7-4-8-12-16/h3-12,14,18-19,22H,13H2,1-2H3/b20-17-/t14-,18+,19+/m1/s1. The molecule has 2 aromatic rings. The zero-order valence-corrected chi connectivity index (χ0v) is 13.1. The Morgan fingerprint density at radius 2 is 1.50 bits per heavy atom. The molecule has 1 heterocycles. The van der Waals surface area contributed by atoms with Crippen molar-refractivity contribution in [3.8, 4) is 0 Å². The summed E-state index contributed by atoms with van der Waals surface area (Å²) in [6.45, 7) is 2.14. The molecule has 0 bridgehead atoms. The van der Waals surface area contributed by atoms with Gasteiger partial charge in [0.25, 0.3) is 0 Å². The largest absolute Gasteiger partial charge is 0.411 e. The molecule has 1 aliphatic heterocycles. The fourth-order valence-electron chi connectivity index (χ4n) is 3.59. The number of benzene rings is 2. The summed E-state index contributed by atoms with van der Waals surface area (Å²) in [5.74, 6) is 0.192. The Balaban J connectivity index is 2.01. The summed E-state index contributed by atoms with van der Waals surface area (Å²) in [5.41, 5.74) is 3.40. The van der Waals surface area contributed by atoms with Gasteiger partial charge in [-0.3, -0.25) is 4.90 Å². The zero-order valence-electron chi connectivity index (χ0n) is 13.1. The number of piperidine rings is 1. The number of hydrogen-bond donors (Lipinski definition) is 1. The molecule has 3 nitrogen and oxygen atoms in total. The Hall–Kier alpha value is -2.13. The summed E-state index contributed by atoms with van der Waals surface area (Å²) < 4.78 is 0. The maximum atomic E-state index is 9.45. The molecular weight excluding hydrogens is 272 g/mol. The minimum Gasteiger partial charge on any atom is -0.411 e. The summed E-state index contributed by atoms with van der Waals surface area (Å²) in [6.07, 6.45) is 0.765. The van der Waals surface area contributed by atoms with Gasteiger partial charge in [-0.15, -0.1) is 0 Å². The van der Waals surface area contributed by atoms with E-state index in [9.17, 15) is 5.21 Å².